The van der Waals surface area contributed by atoms with E-state index in [1.807, 2.05) is 6.07 Å². The van der Waals surface area contributed by atoms with E-state index in [0.29, 0.717) is 12.6 Å². The number of carbonyl (C=O) groups excluding carboxylic acids is 1. The Hall–Kier alpha value is -1.65. The van der Waals surface area contributed by atoms with E-state index in [0.717, 1.165) is 12.4 Å². The summed E-state index contributed by atoms with van der Waals surface area (Å²) in [6.07, 6.45) is 3.64. The molecule has 5 nitrogen and oxygen atoms in total. The number of piperidine rings is 1. The molecule has 1 aliphatic rings. The molecule has 0 bridgehead atoms. The van der Waals surface area contributed by atoms with Crippen LogP contribution in [0.25, 0.3) is 0 Å². The summed E-state index contributed by atoms with van der Waals surface area (Å²) in [5, 5.41) is 8.07. The van der Waals surface area contributed by atoms with Crippen LogP contribution in [0.5, 0.6) is 0 Å². The number of ether oxygens (including phenoxy) is 1. The van der Waals surface area contributed by atoms with E-state index in [1.165, 1.54) is 19.3 Å². The Kier molecular flexibility index (Phi) is 4.12. The minimum Gasteiger partial charge on any atom is -0.461 e. The highest BCUT2D eigenvalue weighted by Gasteiger charge is 2.20. The molecule has 0 N–H and O–H groups in total. The largest absolute Gasteiger partial charge is 0.461 e. The number of hydrogen-bond donors (Lipinski definition) is 0. The number of anilines is 1. The third kappa shape index (κ3) is 2.78. The number of rotatable bonds is 3. The number of carbonyl (C=O) groups is 1. The zero-order valence-corrected chi connectivity index (χ0v) is 10.9. The van der Waals surface area contributed by atoms with Crippen molar-refractivity contribution in [1.29, 1.82) is 0 Å². The first kappa shape index (κ1) is 12.8. The van der Waals surface area contributed by atoms with Crippen molar-refractivity contribution in [3.8, 4) is 0 Å². The molecule has 0 aromatic carbocycles. The van der Waals surface area contributed by atoms with Gasteiger partial charge in [-0.3, -0.25) is 0 Å². The lowest BCUT2D eigenvalue weighted by Gasteiger charge is -2.33. The molecule has 1 saturated heterocycles. The van der Waals surface area contributed by atoms with Gasteiger partial charge < -0.3 is 9.64 Å². The lowest BCUT2D eigenvalue weighted by molar-refractivity contribution is 0.0518. The van der Waals surface area contributed by atoms with Crippen LogP contribution >= 0.6 is 0 Å². The lowest BCUT2D eigenvalue weighted by atomic mass is 10.0. The zero-order chi connectivity index (χ0) is 13.0. The molecule has 1 aromatic heterocycles. The van der Waals surface area contributed by atoms with Crippen LogP contribution in [0.3, 0.4) is 0 Å². The molecule has 0 amide bonds. The summed E-state index contributed by atoms with van der Waals surface area (Å²) in [5.74, 6) is 0.429. The van der Waals surface area contributed by atoms with Crippen molar-refractivity contribution in [2.45, 2.75) is 39.2 Å². The maximum Gasteiger partial charge on any atom is 0.358 e. The number of nitrogens with zero attached hydrogens (tertiary/aromatic N) is 3. The van der Waals surface area contributed by atoms with Gasteiger partial charge in [0, 0.05) is 12.6 Å². The fourth-order valence-electron chi connectivity index (χ4n) is 2.23. The topological polar surface area (TPSA) is 55.3 Å². The molecule has 1 atom stereocenters. The van der Waals surface area contributed by atoms with E-state index in [4.69, 9.17) is 4.74 Å². The van der Waals surface area contributed by atoms with Gasteiger partial charge in [0.1, 0.15) is 0 Å². The van der Waals surface area contributed by atoms with Crippen molar-refractivity contribution in [2.75, 3.05) is 18.1 Å². The van der Waals surface area contributed by atoms with E-state index in [2.05, 4.69) is 22.0 Å². The molecule has 0 aliphatic carbocycles. The van der Waals surface area contributed by atoms with Crippen LogP contribution in [-0.2, 0) is 4.74 Å². The van der Waals surface area contributed by atoms with E-state index >= 15 is 0 Å². The van der Waals surface area contributed by atoms with Crippen LogP contribution in [0.4, 0.5) is 5.82 Å². The van der Waals surface area contributed by atoms with E-state index in [9.17, 15) is 4.79 Å². The molecule has 2 heterocycles. The molecular formula is C13H19N3O2. The minimum atomic E-state index is -0.414. The van der Waals surface area contributed by atoms with Gasteiger partial charge in [-0.15, -0.1) is 10.2 Å². The number of hydrogen-bond acceptors (Lipinski definition) is 5. The van der Waals surface area contributed by atoms with Gasteiger partial charge in [0.2, 0.25) is 0 Å². The summed E-state index contributed by atoms with van der Waals surface area (Å²) in [6, 6.07) is 4.02. The molecule has 0 radical (unpaired) electrons. The van der Waals surface area contributed by atoms with E-state index < -0.39 is 5.97 Å². The van der Waals surface area contributed by atoms with Crippen molar-refractivity contribution < 1.29 is 9.53 Å². The maximum absolute atomic E-state index is 11.5. The summed E-state index contributed by atoms with van der Waals surface area (Å²) in [6.45, 7) is 5.33. The third-order valence-electron chi connectivity index (χ3n) is 3.23. The molecule has 0 spiro atoms. The van der Waals surface area contributed by atoms with Crippen LogP contribution in [-0.4, -0.2) is 35.4 Å². The average molecular weight is 249 g/mol. The summed E-state index contributed by atoms with van der Waals surface area (Å²) in [7, 11) is 0. The second kappa shape index (κ2) is 5.80. The number of esters is 1. The second-order valence-electron chi connectivity index (χ2n) is 4.54. The normalized spacial score (nSPS) is 19.7. The van der Waals surface area contributed by atoms with Crippen LogP contribution < -0.4 is 4.90 Å². The van der Waals surface area contributed by atoms with Crippen LogP contribution in [0.2, 0.25) is 0 Å². The third-order valence-corrected chi connectivity index (χ3v) is 3.23. The Morgan fingerprint density at radius 2 is 2.28 bits per heavy atom. The van der Waals surface area contributed by atoms with Crippen molar-refractivity contribution in [1.82, 2.24) is 10.2 Å². The number of aromatic nitrogens is 2. The molecule has 18 heavy (non-hydrogen) atoms. The molecule has 1 aromatic rings. The standard InChI is InChI=1S/C13H19N3O2/c1-3-18-13(17)11-7-8-12(15-14-11)16-9-5-4-6-10(16)2/h7-8,10H,3-6,9H2,1-2H3/t10-/m1/s1. The molecule has 1 aliphatic heterocycles. The van der Waals surface area contributed by atoms with Crippen LogP contribution in [0, 0.1) is 0 Å². The Labute approximate surface area is 107 Å². The van der Waals surface area contributed by atoms with Gasteiger partial charge in [-0.25, -0.2) is 4.79 Å². The van der Waals surface area contributed by atoms with Gasteiger partial charge in [0.15, 0.2) is 11.5 Å². The lowest BCUT2D eigenvalue weighted by Crippen LogP contribution is -2.38. The molecule has 2 rings (SSSR count). The fourth-order valence-corrected chi connectivity index (χ4v) is 2.23. The first-order chi connectivity index (χ1) is 8.72. The van der Waals surface area contributed by atoms with Gasteiger partial charge in [-0.05, 0) is 45.2 Å². The Bertz CT molecular complexity index is 405. The second-order valence-corrected chi connectivity index (χ2v) is 4.54. The fraction of sp³-hybridized carbons (Fsp3) is 0.615. The molecule has 5 heteroatoms. The quantitative estimate of drug-likeness (QED) is 0.767. The van der Waals surface area contributed by atoms with Crippen LogP contribution in [0.15, 0.2) is 12.1 Å². The monoisotopic (exact) mass is 249 g/mol. The van der Waals surface area contributed by atoms with Gasteiger partial charge in [-0.2, -0.15) is 0 Å². The van der Waals surface area contributed by atoms with Crippen molar-refractivity contribution in [3.05, 3.63) is 17.8 Å². The van der Waals surface area contributed by atoms with Gasteiger partial charge in [0.25, 0.3) is 0 Å². The predicted octanol–water partition coefficient (Wildman–Crippen LogP) is 2.03. The first-order valence-electron chi connectivity index (χ1n) is 6.50. The van der Waals surface area contributed by atoms with Crippen molar-refractivity contribution in [3.63, 3.8) is 0 Å². The van der Waals surface area contributed by atoms with E-state index in [-0.39, 0.29) is 5.69 Å². The summed E-state index contributed by atoms with van der Waals surface area (Å²) in [5.41, 5.74) is 0.269. The summed E-state index contributed by atoms with van der Waals surface area (Å²) in [4.78, 5) is 13.7. The molecule has 98 valence electrons. The Balaban J connectivity index is 2.09. The van der Waals surface area contributed by atoms with Gasteiger partial charge >= 0.3 is 5.97 Å². The van der Waals surface area contributed by atoms with Crippen molar-refractivity contribution in [2.24, 2.45) is 0 Å². The summed E-state index contributed by atoms with van der Waals surface area (Å²) >= 11 is 0. The SMILES string of the molecule is CCOC(=O)c1ccc(N2CCCC[C@H]2C)nn1. The van der Waals surface area contributed by atoms with Crippen molar-refractivity contribution >= 4 is 11.8 Å². The first-order valence-corrected chi connectivity index (χ1v) is 6.50. The highest BCUT2D eigenvalue weighted by atomic mass is 16.5. The maximum atomic E-state index is 11.5. The smallest absolute Gasteiger partial charge is 0.358 e. The van der Waals surface area contributed by atoms with Crippen LogP contribution in [0.1, 0.15) is 43.6 Å². The Morgan fingerprint density at radius 1 is 1.44 bits per heavy atom. The average Bonchev–Trinajstić information content (AvgIpc) is 2.40. The Morgan fingerprint density at radius 3 is 2.89 bits per heavy atom. The highest BCUT2D eigenvalue weighted by Crippen LogP contribution is 2.22. The molecule has 1 fully saturated rings. The summed E-state index contributed by atoms with van der Waals surface area (Å²) < 4.78 is 4.88. The molecular weight excluding hydrogens is 230 g/mol. The molecule has 0 unspecified atom stereocenters. The minimum absolute atomic E-state index is 0.269. The van der Waals surface area contributed by atoms with Gasteiger partial charge in [-0.1, -0.05) is 0 Å². The van der Waals surface area contributed by atoms with E-state index in [1.54, 1.807) is 13.0 Å². The molecule has 0 saturated carbocycles. The zero-order valence-electron chi connectivity index (χ0n) is 10.9. The predicted molar refractivity (Wildman–Crippen MR) is 68.6 cm³/mol. The highest BCUT2D eigenvalue weighted by molar-refractivity contribution is 5.87. The van der Waals surface area contributed by atoms with Gasteiger partial charge in [0.05, 0.1) is 6.61 Å².